The Morgan fingerprint density at radius 2 is 1.65 bits per heavy atom. The fourth-order valence-electron chi connectivity index (χ4n) is 3.07. The number of amides is 2. The van der Waals surface area contributed by atoms with Crippen molar-refractivity contribution in [2.45, 2.75) is 123 Å². The zero-order chi connectivity index (χ0) is 30.0. The maximum Gasteiger partial charge on any atom is 0.389 e. The van der Waals surface area contributed by atoms with Crippen molar-refractivity contribution in [2.75, 3.05) is 0 Å². The lowest BCUT2D eigenvalue weighted by Gasteiger charge is -2.20. The van der Waals surface area contributed by atoms with Crippen LogP contribution in [-0.2, 0) is 22.7 Å². The van der Waals surface area contributed by atoms with Gasteiger partial charge in [0, 0.05) is 25.8 Å². The molecule has 5 rings (SSSR count). The van der Waals surface area contributed by atoms with Crippen LogP contribution < -0.4 is 10.6 Å². The highest BCUT2D eigenvalue weighted by Gasteiger charge is 2.30. The molecular formula is C28H44F5N5O2. The molecule has 3 aliphatic rings. The smallest absolute Gasteiger partial charge is 0.353 e. The first-order chi connectivity index (χ1) is 19.0. The Kier molecular flexibility index (Phi) is 16.3. The van der Waals surface area contributed by atoms with E-state index in [1.54, 1.807) is 12.3 Å². The van der Waals surface area contributed by atoms with E-state index in [-0.39, 0.29) is 25.9 Å². The molecule has 3 aliphatic carbocycles. The minimum atomic E-state index is -4.35. The van der Waals surface area contributed by atoms with E-state index in [9.17, 15) is 31.5 Å². The van der Waals surface area contributed by atoms with Crippen molar-refractivity contribution in [3.8, 4) is 0 Å². The van der Waals surface area contributed by atoms with E-state index in [1.807, 2.05) is 13.8 Å². The Balaban J connectivity index is 0.000000376. The normalized spacial score (nSPS) is 16.7. The maximum atomic E-state index is 12.2. The van der Waals surface area contributed by atoms with Crippen LogP contribution in [0.1, 0.15) is 109 Å². The van der Waals surface area contributed by atoms with Gasteiger partial charge in [-0.25, -0.2) is 18.3 Å². The molecule has 0 spiro atoms. The molecule has 0 bridgehead atoms. The van der Waals surface area contributed by atoms with Gasteiger partial charge in [-0.05, 0) is 30.4 Å². The third-order valence-electron chi connectivity index (χ3n) is 5.72. The van der Waals surface area contributed by atoms with Gasteiger partial charge in [-0.15, -0.1) is 0 Å². The van der Waals surface area contributed by atoms with Crippen molar-refractivity contribution in [3.63, 3.8) is 0 Å². The quantitative estimate of drug-likeness (QED) is 0.271. The van der Waals surface area contributed by atoms with Gasteiger partial charge in [-0.3, -0.25) is 9.59 Å². The molecule has 12 heteroatoms. The fourth-order valence-corrected chi connectivity index (χ4v) is 3.07. The predicted octanol–water partition coefficient (Wildman–Crippen LogP) is 7.13. The molecule has 3 fully saturated rings. The second-order valence-electron chi connectivity index (χ2n) is 9.95. The molecule has 3 saturated carbocycles. The zero-order valence-electron chi connectivity index (χ0n) is 23.8. The predicted molar refractivity (Wildman–Crippen MR) is 145 cm³/mol. The Morgan fingerprint density at radius 3 is 2.10 bits per heavy atom. The fraction of sp³-hybridized carbons (Fsp3) is 0.714. The van der Waals surface area contributed by atoms with E-state index >= 15 is 0 Å². The van der Waals surface area contributed by atoms with Crippen LogP contribution in [0.15, 0.2) is 18.5 Å². The van der Waals surface area contributed by atoms with E-state index in [0.29, 0.717) is 36.2 Å². The molecule has 0 radical (unpaired) electrons. The van der Waals surface area contributed by atoms with Gasteiger partial charge < -0.3 is 10.6 Å². The average Bonchev–Trinajstić information content (AvgIpc) is 3.86. The Morgan fingerprint density at radius 1 is 1.07 bits per heavy atom. The lowest BCUT2D eigenvalue weighted by molar-refractivity contribution is -0.144. The summed E-state index contributed by atoms with van der Waals surface area (Å²) >= 11 is 0. The lowest BCUT2D eigenvalue weighted by Crippen LogP contribution is -2.24. The van der Waals surface area contributed by atoms with Crippen molar-refractivity contribution >= 4 is 18.0 Å². The number of halogens is 5. The number of fused-ring (bicyclic) bond motifs is 1. The second kappa shape index (κ2) is 18.5. The van der Waals surface area contributed by atoms with Crippen molar-refractivity contribution in [2.24, 2.45) is 5.92 Å². The van der Waals surface area contributed by atoms with Gasteiger partial charge in [0.15, 0.2) is 5.65 Å². The molecule has 2 aromatic heterocycles. The SMILES string of the molecule is C1CC1.CC.CC1CC1.FC1(F)CCCCC1.O=CNCc1cn2ncc(CNC(=O)CCC(F)(F)F)cc2n1. The first-order valence-corrected chi connectivity index (χ1v) is 14.2. The van der Waals surface area contributed by atoms with Crippen LogP contribution in [0.2, 0.25) is 0 Å². The van der Waals surface area contributed by atoms with E-state index in [4.69, 9.17) is 0 Å². The molecule has 2 amide bonds. The topological polar surface area (TPSA) is 88.4 Å². The standard InChI is InChI=1S/C13H14F3N5O2.C6H10F2.C4H8.C3H6.C2H6/c14-13(15,16)2-1-12(23)18-4-9-3-11-20-10(6-17-8-22)7-21(11)19-5-9;7-6(8)4-2-1-3-5-6;1-4-2-3-4;1-2-3-1;1-2/h3,5,7-8H,1-2,4,6H2,(H,17,22)(H,18,23);1-5H2;4H,2-3H2,1H3;1-3H2;1-2H3. The molecule has 2 aromatic rings. The Labute approximate surface area is 233 Å². The molecule has 0 aliphatic heterocycles. The summed E-state index contributed by atoms with van der Waals surface area (Å²) in [5, 5.41) is 8.96. The molecule has 0 aromatic carbocycles. The molecular weight excluding hydrogens is 533 g/mol. The van der Waals surface area contributed by atoms with Gasteiger partial charge in [0.05, 0.1) is 31.1 Å². The molecule has 2 heterocycles. The van der Waals surface area contributed by atoms with Gasteiger partial charge in [-0.1, -0.05) is 59.3 Å². The van der Waals surface area contributed by atoms with Gasteiger partial charge in [0.25, 0.3) is 0 Å². The molecule has 40 heavy (non-hydrogen) atoms. The number of aromatic nitrogens is 3. The summed E-state index contributed by atoms with van der Waals surface area (Å²) in [7, 11) is 0. The van der Waals surface area contributed by atoms with E-state index in [1.165, 1.54) is 42.8 Å². The van der Waals surface area contributed by atoms with E-state index < -0.39 is 30.8 Å². The van der Waals surface area contributed by atoms with E-state index in [2.05, 4.69) is 27.6 Å². The maximum absolute atomic E-state index is 12.2. The molecule has 0 unspecified atom stereocenters. The number of hydrogen-bond donors (Lipinski definition) is 2. The number of carbonyl (C=O) groups is 2. The van der Waals surface area contributed by atoms with Crippen molar-refractivity contribution in [1.82, 2.24) is 25.2 Å². The number of nitrogens with one attached hydrogen (secondary N) is 2. The van der Waals surface area contributed by atoms with Crippen molar-refractivity contribution in [1.29, 1.82) is 0 Å². The van der Waals surface area contributed by atoms with Gasteiger partial charge in [0.2, 0.25) is 18.2 Å². The van der Waals surface area contributed by atoms with E-state index in [0.717, 1.165) is 12.3 Å². The summed E-state index contributed by atoms with van der Waals surface area (Å²) in [6, 6.07) is 1.65. The van der Waals surface area contributed by atoms with Gasteiger partial charge in [0.1, 0.15) is 0 Å². The second-order valence-corrected chi connectivity index (χ2v) is 9.95. The lowest BCUT2D eigenvalue weighted by atomic mass is 9.97. The summed E-state index contributed by atoms with van der Waals surface area (Å²) in [5.74, 6) is -1.92. The number of imidazole rings is 1. The summed E-state index contributed by atoms with van der Waals surface area (Å²) in [6.45, 7) is 6.60. The summed E-state index contributed by atoms with van der Waals surface area (Å²) in [6.07, 6.45) is 7.70. The van der Waals surface area contributed by atoms with Crippen molar-refractivity contribution in [3.05, 3.63) is 29.7 Å². The number of nitrogens with zero attached hydrogens (tertiary/aromatic N) is 3. The number of alkyl halides is 5. The van der Waals surface area contributed by atoms with Crippen LogP contribution in [0.5, 0.6) is 0 Å². The van der Waals surface area contributed by atoms with Crippen LogP contribution in [-0.4, -0.2) is 39.0 Å². The minimum absolute atomic E-state index is 0.0645. The third-order valence-corrected chi connectivity index (χ3v) is 5.72. The number of hydrogen-bond acceptors (Lipinski definition) is 4. The van der Waals surface area contributed by atoms with Crippen LogP contribution in [0.3, 0.4) is 0 Å². The van der Waals surface area contributed by atoms with Crippen molar-refractivity contribution < 1.29 is 31.5 Å². The van der Waals surface area contributed by atoms with Crippen LogP contribution in [0.4, 0.5) is 22.0 Å². The first kappa shape index (κ1) is 35.2. The molecule has 0 saturated heterocycles. The van der Waals surface area contributed by atoms with Crippen LogP contribution in [0.25, 0.3) is 5.65 Å². The number of rotatable bonds is 7. The largest absolute Gasteiger partial charge is 0.389 e. The summed E-state index contributed by atoms with van der Waals surface area (Å²) < 4.78 is 62.0. The van der Waals surface area contributed by atoms with Gasteiger partial charge >= 0.3 is 6.18 Å². The Hall–Kier alpha value is -2.79. The van der Waals surface area contributed by atoms with Crippen LogP contribution >= 0.6 is 0 Å². The minimum Gasteiger partial charge on any atom is -0.353 e. The van der Waals surface area contributed by atoms with Crippen LogP contribution in [0, 0.1) is 5.92 Å². The number of carbonyl (C=O) groups excluding carboxylic acids is 2. The molecule has 228 valence electrons. The highest BCUT2D eigenvalue weighted by atomic mass is 19.4. The zero-order valence-corrected chi connectivity index (χ0v) is 23.8. The average molecular weight is 578 g/mol. The highest BCUT2D eigenvalue weighted by Crippen LogP contribution is 2.32. The molecule has 2 N–H and O–H groups in total. The summed E-state index contributed by atoms with van der Waals surface area (Å²) in [4.78, 5) is 25.8. The first-order valence-electron chi connectivity index (χ1n) is 14.2. The molecule has 0 atom stereocenters. The van der Waals surface area contributed by atoms with Gasteiger partial charge in [-0.2, -0.15) is 18.3 Å². The monoisotopic (exact) mass is 577 g/mol. The third kappa shape index (κ3) is 18.5. The highest BCUT2D eigenvalue weighted by molar-refractivity contribution is 5.75. The Bertz CT molecular complexity index is 980. The molecule has 7 nitrogen and oxygen atoms in total. The summed E-state index contributed by atoms with van der Waals surface area (Å²) in [5.41, 5.74) is 1.73.